The highest BCUT2D eigenvalue weighted by molar-refractivity contribution is 7.89. The van der Waals surface area contributed by atoms with Crippen LogP contribution >= 0.6 is 11.6 Å². The second-order valence-corrected chi connectivity index (χ2v) is 5.88. The van der Waals surface area contributed by atoms with E-state index < -0.39 is 20.7 Å². The maximum Gasteiger partial charge on any atom is 0.243 e. The molecule has 0 saturated heterocycles. The van der Waals surface area contributed by atoms with Gasteiger partial charge in [-0.25, -0.2) is 17.5 Å². The van der Waals surface area contributed by atoms with Crippen LogP contribution in [0.5, 0.6) is 0 Å². The minimum atomic E-state index is -3.87. The fraction of sp³-hybridized carbons (Fsp3) is 0.455. The number of aliphatic hydroxyl groups excluding tert-OH is 1. The van der Waals surface area contributed by atoms with Crippen molar-refractivity contribution in [3.8, 4) is 0 Å². The predicted molar refractivity (Wildman–Crippen MR) is 67.5 cm³/mol. The van der Waals surface area contributed by atoms with E-state index in [1.54, 1.807) is 0 Å². The van der Waals surface area contributed by atoms with Crippen LogP contribution in [0, 0.1) is 5.82 Å². The Bertz CT molecular complexity index is 493. The van der Waals surface area contributed by atoms with Crippen LogP contribution in [0.2, 0.25) is 5.02 Å². The van der Waals surface area contributed by atoms with Crippen molar-refractivity contribution in [1.29, 1.82) is 0 Å². The molecule has 0 spiro atoms. The van der Waals surface area contributed by atoms with E-state index in [4.69, 9.17) is 16.7 Å². The first-order chi connectivity index (χ1) is 8.49. The largest absolute Gasteiger partial charge is 0.396 e. The molecule has 4 nitrogen and oxygen atoms in total. The van der Waals surface area contributed by atoms with Gasteiger partial charge >= 0.3 is 0 Å². The molecule has 18 heavy (non-hydrogen) atoms. The van der Waals surface area contributed by atoms with Crippen molar-refractivity contribution in [3.05, 3.63) is 29.0 Å². The van der Waals surface area contributed by atoms with Crippen LogP contribution in [0.25, 0.3) is 0 Å². The van der Waals surface area contributed by atoms with Crippen LogP contribution in [-0.4, -0.2) is 26.7 Å². The summed E-state index contributed by atoms with van der Waals surface area (Å²) in [5.74, 6) is -0.943. The summed E-state index contributed by atoms with van der Waals surface area (Å²) in [4.78, 5) is -0.447. The minimum absolute atomic E-state index is 0.0790. The fourth-order valence-corrected chi connectivity index (χ4v) is 2.79. The summed E-state index contributed by atoms with van der Waals surface area (Å²) in [5.41, 5.74) is 0. The highest BCUT2D eigenvalue weighted by Crippen LogP contribution is 2.21. The van der Waals surface area contributed by atoms with Crippen molar-refractivity contribution < 1.29 is 17.9 Å². The van der Waals surface area contributed by atoms with Crippen molar-refractivity contribution in [3.63, 3.8) is 0 Å². The van der Waals surface area contributed by atoms with Gasteiger partial charge in [0, 0.05) is 13.2 Å². The molecule has 0 bridgehead atoms. The molecule has 0 aromatic heterocycles. The lowest BCUT2D eigenvalue weighted by Gasteiger charge is -2.08. The molecule has 0 fully saturated rings. The molecule has 1 aromatic carbocycles. The van der Waals surface area contributed by atoms with E-state index in [9.17, 15) is 12.8 Å². The maximum absolute atomic E-state index is 13.5. The monoisotopic (exact) mass is 295 g/mol. The number of halogens is 2. The Kier molecular flexibility index (Phi) is 6.01. The molecule has 0 radical (unpaired) electrons. The Morgan fingerprint density at radius 1 is 1.28 bits per heavy atom. The van der Waals surface area contributed by atoms with Crippen molar-refractivity contribution in [1.82, 2.24) is 4.72 Å². The second kappa shape index (κ2) is 7.04. The minimum Gasteiger partial charge on any atom is -0.396 e. The molecule has 0 unspecified atom stereocenters. The van der Waals surface area contributed by atoms with Crippen LogP contribution in [-0.2, 0) is 10.0 Å². The number of unbranched alkanes of at least 4 members (excludes halogenated alkanes) is 2. The Labute approximate surface area is 111 Å². The van der Waals surface area contributed by atoms with Crippen LogP contribution in [0.1, 0.15) is 19.3 Å². The van der Waals surface area contributed by atoms with Crippen molar-refractivity contribution in [2.75, 3.05) is 13.2 Å². The summed E-state index contributed by atoms with van der Waals surface area (Å²) in [6, 6.07) is 3.83. The first-order valence-electron chi connectivity index (χ1n) is 5.53. The highest BCUT2D eigenvalue weighted by Gasteiger charge is 2.19. The maximum atomic E-state index is 13.5. The fourth-order valence-electron chi connectivity index (χ4n) is 1.39. The third kappa shape index (κ3) is 4.20. The SMILES string of the molecule is O=S(=O)(NCCCCCO)c1cccc(Cl)c1F. The Morgan fingerprint density at radius 2 is 2.00 bits per heavy atom. The second-order valence-electron chi connectivity index (χ2n) is 3.73. The van der Waals surface area contributed by atoms with Crippen LogP contribution < -0.4 is 4.72 Å². The summed E-state index contributed by atoms with van der Waals surface area (Å²) in [6.45, 7) is 0.282. The van der Waals surface area contributed by atoms with Gasteiger partial charge in [0.2, 0.25) is 10.0 Å². The van der Waals surface area contributed by atoms with Crippen molar-refractivity contribution in [2.24, 2.45) is 0 Å². The predicted octanol–water partition coefficient (Wildman–Crippen LogP) is 1.92. The summed E-state index contributed by atoms with van der Waals surface area (Å²) in [5, 5.41) is 8.34. The van der Waals surface area contributed by atoms with Gasteiger partial charge in [0.25, 0.3) is 0 Å². The number of hydrogen-bond acceptors (Lipinski definition) is 3. The number of sulfonamides is 1. The van der Waals surface area contributed by atoms with Crippen LogP contribution in [0.3, 0.4) is 0 Å². The number of hydrogen-bond donors (Lipinski definition) is 2. The molecule has 0 saturated carbocycles. The molecule has 102 valence electrons. The summed E-state index contributed by atoms with van der Waals surface area (Å²) < 4.78 is 39.4. The molecule has 0 heterocycles. The van der Waals surface area contributed by atoms with E-state index in [1.807, 2.05) is 0 Å². The zero-order valence-corrected chi connectivity index (χ0v) is 11.3. The molecular formula is C11H15ClFNO3S. The molecule has 2 N–H and O–H groups in total. The first kappa shape index (κ1) is 15.4. The molecule has 1 aromatic rings. The van der Waals surface area contributed by atoms with Gasteiger partial charge in [0.1, 0.15) is 4.90 Å². The normalized spacial score (nSPS) is 11.7. The van der Waals surface area contributed by atoms with E-state index in [-0.39, 0.29) is 18.2 Å². The van der Waals surface area contributed by atoms with Gasteiger partial charge in [-0.2, -0.15) is 0 Å². The lowest BCUT2D eigenvalue weighted by molar-refractivity contribution is 0.283. The third-order valence-corrected chi connectivity index (χ3v) is 4.10. The van der Waals surface area contributed by atoms with Gasteiger partial charge in [0.05, 0.1) is 5.02 Å². The lowest BCUT2D eigenvalue weighted by atomic mass is 10.2. The zero-order chi connectivity index (χ0) is 13.6. The van der Waals surface area contributed by atoms with E-state index in [1.165, 1.54) is 12.1 Å². The standard InChI is InChI=1S/C11H15ClFNO3S/c12-9-5-4-6-10(11(9)13)18(16,17)14-7-2-1-3-8-15/h4-6,14-15H,1-3,7-8H2. The van der Waals surface area contributed by atoms with Gasteiger partial charge in [0.15, 0.2) is 5.82 Å². The smallest absolute Gasteiger partial charge is 0.243 e. The van der Waals surface area contributed by atoms with E-state index in [2.05, 4.69) is 4.72 Å². The quantitative estimate of drug-likeness (QED) is 0.755. The number of nitrogens with one attached hydrogen (secondary N) is 1. The molecule has 0 aliphatic heterocycles. The molecule has 0 aliphatic rings. The molecular weight excluding hydrogens is 281 g/mol. The van der Waals surface area contributed by atoms with Gasteiger partial charge in [-0.3, -0.25) is 0 Å². The Hall–Kier alpha value is -0.690. The van der Waals surface area contributed by atoms with Crippen LogP contribution in [0.15, 0.2) is 23.1 Å². The Morgan fingerprint density at radius 3 is 2.67 bits per heavy atom. The lowest BCUT2D eigenvalue weighted by Crippen LogP contribution is -2.25. The summed E-state index contributed by atoms with van der Waals surface area (Å²) in [7, 11) is -3.87. The van der Waals surface area contributed by atoms with E-state index in [0.29, 0.717) is 19.3 Å². The molecule has 7 heteroatoms. The highest BCUT2D eigenvalue weighted by atomic mass is 35.5. The molecule has 1 rings (SSSR count). The topological polar surface area (TPSA) is 66.4 Å². The average Bonchev–Trinajstić information content (AvgIpc) is 2.32. The number of aliphatic hydroxyl groups is 1. The first-order valence-corrected chi connectivity index (χ1v) is 7.39. The summed E-state index contributed by atoms with van der Waals surface area (Å²) >= 11 is 5.53. The van der Waals surface area contributed by atoms with Crippen molar-refractivity contribution in [2.45, 2.75) is 24.2 Å². The molecule has 0 amide bonds. The zero-order valence-electron chi connectivity index (χ0n) is 9.70. The van der Waals surface area contributed by atoms with Gasteiger partial charge in [-0.05, 0) is 31.4 Å². The van der Waals surface area contributed by atoms with E-state index in [0.717, 1.165) is 6.07 Å². The average molecular weight is 296 g/mol. The van der Waals surface area contributed by atoms with Gasteiger partial charge in [-0.15, -0.1) is 0 Å². The number of rotatable bonds is 7. The van der Waals surface area contributed by atoms with Crippen LogP contribution in [0.4, 0.5) is 4.39 Å². The summed E-state index contributed by atoms with van der Waals surface area (Å²) in [6.07, 6.45) is 1.91. The van der Waals surface area contributed by atoms with Gasteiger partial charge < -0.3 is 5.11 Å². The number of benzene rings is 1. The van der Waals surface area contributed by atoms with Gasteiger partial charge in [-0.1, -0.05) is 17.7 Å². The third-order valence-electron chi connectivity index (χ3n) is 2.33. The van der Waals surface area contributed by atoms with E-state index >= 15 is 0 Å². The molecule has 0 aliphatic carbocycles. The van der Waals surface area contributed by atoms with Crippen molar-refractivity contribution >= 4 is 21.6 Å². The molecule has 0 atom stereocenters. The Balaban J connectivity index is 2.66.